The van der Waals surface area contributed by atoms with Gasteiger partial charge in [-0.2, -0.15) is 0 Å². The number of ether oxygens (including phenoxy) is 1. The second-order valence-electron chi connectivity index (χ2n) is 8.68. The smallest absolute Gasteiger partial charge is 0.178 e. The minimum atomic E-state index is -1.47. The second-order valence-corrected chi connectivity index (χ2v) is 8.68. The number of benzene rings is 2. The summed E-state index contributed by atoms with van der Waals surface area (Å²) in [5.41, 5.74) is 1.29. The van der Waals surface area contributed by atoms with E-state index in [1.165, 1.54) is 0 Å². The van der Waals surface area contributed by atoms with E-state index in [9.17, 15) is 20.4 Å². The van der Waals surface area contributed by atoms with Gasteiger partial charge >= 0.3 is 0 Å². The number of aliphatic hydroxyl groups excluding tert-OH is 2. The van der Waals surface area contributed by atoms with Crippen molar-refractivity contribution in [3.8, 4) is 5.75 Å². The third-order valence-corrected chi connectivity index (χ3v) is 6.19. The Kier molecular flexibility index (Phi) is 8.44. The van der Waals surface area contributed by atoms with E-state index in [0.717, 1.165) is 23.3 Å². The van der Waals surface area contributed by atoms with Gasteiger partial charge in [-0.25, -0.2) is 0 Å². The predicted molar refractivity (Wildman–Crippen MR) is 118 cm³/mol. The third-order valence-electron chi connectivity index (χ3n) is 6.19. The lowest BCUT2D eigenvalue weighted by Gasteiger charge is -2.34. The summed E-state index contributed by atoms with van der Waals surface area (Å²) in [5.74, 6) is 0.756. The van der Waals surface area contributed by atoms with E-state index in [1.807, 2.05) is 44.2 Å². The lowest BCUT2D eigenvalue weighted by molar-refractivity contribution is -0.0848. The lowest BCUT2D eigenvalue weighted by Crippen LogP contribution is -2.41. The molecule has 1 unspecified atom stereocenters. The monoisotopic (exact) mass is 416 g/mol. The van der Waals surface area contributed by atoms with Gasteiger partial charge in [0.15, 0.2) is 6.29 Å². The summed E-state index contributed by atoms with van der Waals surface area (Å²) in [6.07, 6.45) is 0.124. The fourth-order valence-electron chi connectivity index (χ4n) is 3.59. The highest BCUT2D eigenvalue weighted by Crippen LogP contribution is 2.33. The van der Waals surface area contributed by atoms with Crippen molar-refractivity contribution in [2.75, 3.05) is 0 Å². The highest BCUT2D eigenvalue weighted by Gasteiger charge is 2.33. The standard InChI is InChI=1S/C25H36O5/c1-5-25(29,6-2)22(26)14-15-24(3,4)20-8-7-9-21(16-20)30-17-18-10-12-19(13-11-18)23(27)28/h7-13,16,22-23,26-29H,5-6,14-15,17H2,1-4H3. The molecule has 0 saturated heterocycles. The van der Waals surface area contributed by atoms with Crippen molar-refractivity contribution >= 4 is 0 Å². The summed E-state index contributed by atoms with van der Waals surface area (Å²) in [5, 5.41) is 39.4. The van der Waals surface area contributed by atoms with Gasteiger partial charge in [0, 0.05) is 5.56 Å². The van der Waals surface area contributed by atoms with Crippen molar-refractivity contribution in [1.82, 2.24) is 0 Å². The Morgan fingerprint density at radius 3 is 2.13 bits per heavy atom. The van der Waals surface area contributed by atoms with Crippen LogP contribution in [0.5, 0.6) is 5.75 Å². The fraction of sp³-hybridized carbons (Fsp3) is 0.520. The van der Waals surface area contributed by atoms with Gasteiger partial charge in [-0.1, -0.05) is 64.1 Å². The maximum absolute atomic E-state index is 10.5. The van der Waals surface area contributed by atoms with Crippen LogP contribution in [0.4, 0.5) is 0 Å². The molecule has 0 aliphatic heterocycles. The number of rotatable bonds is 11. The van der Waals surface area contributed by atoms with Gasteiger partial charge in [-0.15, -0.1) is 0 Å². The first-order valence-electron chi connectivity index (χ1n) is 10.7. The maximum atomic E-state index is 10.5. The van der Waals surface area contributed by atoms with E-state index in [4.69, 9.17) is 4.74 Å². The molecule has 0 spiro atoms. The van der Waals surface area contributed by atoms with Crippen LogP contribution in [-0.4, -0.2) is 32.1 Å². The van der Waals surface area contributed by atoms with Crippen molar-refractivity contribution in [1.29, 1.82) is 0 Å². The lowest BCUT2D eigenvalue weighted by atomic mass is 9.77. The molecule has 5 nitrogen and oxygen atoms in total. The van der Waals surface area contributed by atoms with Crippen molar-refractivity contribution in [3.63, 3.8) is 0 Å². The zero-order valence-corrected chi connectivity index (χ0v) is 18.5. The Hall–Kier alpha value is -1.92. The molecule has 5 heteroatoms. The molecule has 0 aliphatic rings. The summed E-state index contributed by atoms with van der Waals surface area (Å²) >= 11 is 0. The molecule has 0 heterocycles. The van der Waals surface area contributed by atoms with Crippen LogP contribution in [0.15, 0.2) is 48.5 Å². The summed E-state index contributed by atoms with van der Waals surface area (Å²) in [6, 6.07) is 14.9. The van der Waals surface area contributed by atoms with E-state index in [2.05, 4.69) is 19.9 Å². The highest BCUT2D eigenvalue weighted by molar-refractivity contribution is 5.33. The van der Waals surface area contributed by atoms with Crippen LogP contribution in [-0.2, 0) is 12.0 Å². The summed E-state index contributed by atoms with van der Waals surface area (Å²) in [4.78, 5) is 0. The van der Waals surface area contributed by atoms with Gasteiger partial charge in [0.2, 0.25) is 0 Å². The molecule has 4 N–H and O–H groups in total. The van der Waals surface area contributed by atoms with Crippen LogP contribution in [0.3, 0.4) is 0 Å². The molecule has 0 aliphatic carbocycles. The minimum absolute atomic E-state index is 0.179. The van der Waals surface area contributed by atoms with Crippen molar-refractivity contribution in [2.24, 2.45) is 0 Å². The number of hydrogen-bond acceptors (Lipinski definition) is 5. The second kappa shape index (κ2) is 10.4. The first kappa shape index (κ1) is 24.4. The van der Waals surface area contributed by atoms with Gasteiger partial charge in [0.25, 0.3) is 0 Å². The van der Waals surface area contributed by atoms with Crippen LogP contribution in [0, 0.1) is 0 Å². The average Bonchev–Trinajstić information content (AvgIpc) is 2.76. The molecule has 0 bridgehead atoms. The SMILES string of the molecule is CCC(O)(CC)C(O)CCC(C)(C)c1cccc(OCc2ccc(C(O)O)cc2)c1. The van der Waals surface area contributed by atoms with E-state index in [0.29, 0.717) is 31.4 Å². The van der Waals surface area contributed by atoms with E-state index >= 15 is 0 Å². The molecule has 0 radical (unpaired) electrons. The van der Waals surface area contributed by atoms with Gasteiger partial charge < -0.3 is 25.2 Å². The number of aliphatic hydroxyl groups is 4. The van der Waals surface area contributed by atoms with Crippen molar-refractivity contribution in [3.05, 3.63) is 65.2 Å². The molecule has 0 amide bonds. The van der Waals surface area contributed by atoms with Crippen LogP contribution < -0.4 is 4.74 Å². The summed E-state index contributed by atoms with van der Waals surface area (Å²) < 4.78 is 5.93. The molecule has 1 atom stereocenters. The molecule has 166 valence electrons. The topological polar surface area (TPSA) is 90.2 Å². The van der Waals surface area contributed by atoms with Crippen LogP contribution in [0.2, 0.25) is 0 Å². The molecular formula is C25H36O5. The van der Waals surface area contributed by atoms with Gasteiger partial charge in [0.1, 0.15) is 12.4 Å². The van der Waals surface area contributed by atoms with Crippen LogP contribution in [0.25, 0.3) is 0 Å². The summed E-state index contributed by atoms with van der Waals surface area (Å²) in [6.45, 7) is 8.45. The molecule has 2 rings (SSSR count). The average molecular weight is 417 g/mol. The van der Waals surface area contributed by atoms with Crippen LogP contribution >= 0.6 is 0 Å². The highest BCUT2D eigenvalue weighted by atomic mass is 16.5. The zero-order valence-electron chi connectivity index (χ0n) is 18.5. The van der Waals surface area contributed by atoms with Crippen molar-refractivity contribution in [2.45, 2.75) is 83.4 Å². The quantitative estimate of drug-likeness (QED) is 0.412. The molecule has 2 aromatic rings. The molecule has 2 aromatic carbocycles. The fourth-order valence-corrected chi connectivity index (χ4v) is 3.59. The van der Waals surface area contributed by atoms with Gasteiger partial charge in [-0.05, 0) is 54.4 Å². The molecule has 0 aromatic heterocycles. The van der Waals surface area contributed by atoms with E-state index in [-0.39, 0.29) is 5.41 Å². The third kappa shape index (κ3) is 6.29. The first-order chi connectivity index (χ1) is 14.1. The Bertz CT molecular complexity index is 778. The van der Waals surface area contributed by atoms with Crippen LogP contribution in [0.1, 0.15) is 76.4 Å². The van der Waals surface area contributed by atoms with E-state index < -0.39 is 18.0 Å². The first-order valence-corrected chi connectivity index (χ1v) is 10.7. The molecule has 0 saturated carbocycles. The number of hydrogen-bond donors (Lipinski definition) is 4. The predicted octanol–water partition coefficient (Wildman–Crippen LogP) is 4.22. The summed E-state index contributed by atoms with van der Waals surface area (Å²) in [7, 11) is 0. The minimum Gasteiger partial charge on any atom is -0.489 e. The van der Waals surface area contributed by atoms with Gasteiger partial charge in [-0.3, -0.25) is 0 Å². The molecule has 30 heavy (non-hydrogen) atoms. The van der Waals surface area contributed by atoms with Crippen molar-refractivity contribution < 1.29 is 25.2 Å². The Labute approximate surface area is 180 Å². The Balaban J connectivity index is 2.00. The normalized spacial score (nSPS) is 13.5. The largest absolute Gasteiger partial charge is 0.489 e. The zero-order chi connectivity index (χ0) is 22.4. The maximum Gasteiger partial charge on any atom is 0.178 e. The van der Waals surface area contributed by atoms with E-state index in [1.54, 1.807) is 12.1 Å². The Morgan fingerprint density at radius 1 is 0.933 bits per heavy atom. The van der Waals surface area contributed by atoms with Gasteiger partial charge in [0.05, 0.1) is 11.7 Å². The Morgan fingerprint density at radius 2 is 1.57 bits per heavy atom. The molecule has 0 fully saturated rings. The molecular weight excluding hydrogens is 380 g/mol.